The molecule has 0 aliphatic heterocycles. The fourth-order valence-electron chi connectivity index (χ4n) is 2.51. The highest BCUT2D eigenvalue weighted by molar-refractivity contribution is 7.84. The Kier molecular flexibility index (Phi) is 4.80. The fourth-order valence-corrected chi connectivity index (χ4v) is 3.18. The third-order valence-electron chi connectivity index (χ3n) is 3.66. The second-order valence-electron chi connectivity index (χ2n) is 5.20. The van der Waals surface area contributed by atoms with E-state index in [0.717, 1.165) is 18.1 Å². The van der Waals surface area contributed by atoms with Gasteiger partial charge in [-0.25, -0.2) is 4.98 Å². The van der Waals surface area contributed by atoms with Crippen molar-refractivity contribution < 1.29 is 4.21 Å². The molecule has 4 nitrogen and oxygen atoms in total. The third kappa shape index (κ3) is 3.57. The SMILES string of the molecule is CC(CCS(C)=O)n1ccnc1NC1CCCC1. The molecule has 0 aromatic carbocycles. The van der Waals surface area contributed by atoms with Gasteiger partial charge >= 0.3 is 0 Å². The van der Waals surface area contributed by atoms with Crippen LogP contribution in [0.3, 0.4) is 0 Å². The van der Waals surface area contributed by atoms with Crippen LogP contribution in [0, 0.1) is 0 Å². The average Bonchev–Trinajstić information content (AvgIpc) is 2.97. The Labute approximate surface area is 112 Å². The summed E-state index contributed by atoms with van der Waals surface area (Å²) in [6, 6.07) is 0.930. The van der Waals surface area contributed by atoms with Crippen LogP contribution >= 0.6 is 0 Å². The zero-order valence-electron chi connectivity index (χ0n) is 11.3. The fraction of sp³-hybridized carbons (Fsp3) is 0.769. The van der Waals surface area contributed by atoms with E-state index in [4.69, 9.17) is 0 Å². The topological polar surface area (TPSA) is 46.9 Å². The van der Waals surface area contributed by atoms with E-state index in [0.29, 0.717) is 12.1 Å². The lowest BCUT2D eigenvalue weighted by Crippen LogP contribution is -2.19. The van der Waals surface area contributed by atoms with Gasteiger partial charge in [0.15, 0.2) is 0 Å². The highest BCUT2D eigenvalue weighted by Crippen LogP contribution is 2.23. The van der Waals surface area contributed by atoms with Crippen LogP contribution < -0.4 is 5.32 Å². The van der Waals surface area contributed by atoms with Crippen LogP contribution in [0.5, 0.6) is 0 Å². The lowest BCUT2D eigenvalue weighted by Gasteiger charge is -2.19. The number of nitrogens with zero attached hydrogens (tertiary/aromatic N) is 2. The molecule has 5 heteroatoms. The molecule has 2 unspecified atom stereocenters. The van der Waals surface area contributed by atoms with Crippen LogP contribution in [-0.4, -0.2) is 31.8 Å². The maximum Gasteiger partial charge on any atom is 0.203 e. The summed E-state index contributed by atoms with van der Waals surface area (Å²) in [6.45, 7) is 2.16. The molecule has 1 fully saturated rings. The Morgan fingerprint density at radius 2 is 2.28 bits per heavy atom. The summed E-state index contributed by atoms with van der Waals surface area (Å²) in [5, 5.41) is 3.53. The predicted molar refractivity (Wildman–Crippen MR) is 76.4 cm³/mol. The lowest BCUT2D eigenvalue weighted by atomic mass is 10.2. The minimum absolute atomic E-state index is 0.348. The molecule has 1 aliphatic carbocycles. The van der Waals surface area contributed by atoms with Crippen molar-refractivity contribution in [1.29, 1.82) is 0 Å². The van der Waals surface area contributed by atoms with Gasteiger partial charge in [0.05, 0.1) is 0 Å². The van der Waals surface area contributed by atoms with Gasteiger partial charge in [0, 0.05) is 47.3 Å². The van der Waals surface area contributed by atoms with E-state index in [1.54, 1.807) is 6.26 Å². The summed E-state index contributed by atoms with van der Waals surface area (Å²) in [7, 11) is -0.712. The van der Waals surface area contributed by atoms with Gasteiger partial charge in [0.2, 0.25) is 5.95 Å². The molecule has 18 heavy (non-hydrogen) atoms. The normalized spacial score (nSPS) is 19.9. The third-order valence-corrected chi connectivity index (χ3v) is 4.47. The maximum absolute atomic E-state index is 11.2. The zero-order valence-corrected chi connectivity index (χ0v) is 12.1. The molecule has 1 aromatic rings. The van der Waals surface area contributed by atoms with Crippen molar-refractivity contribution in [3.8, 4) is 0 Å². The van der Waals surface area contributed by atoms with Crippen LogP contribution in [0.25, 0.3) is 0 Å². The smallest absolute Gasteiger partial charge is 0.203 e. The summed E-state index contributed by atoms with van der Waals surface area (Å²) in [6.07, 6.45) is 11.7. The summed E-state index contributed by atoms with van der Waals surface area (Å²) < 4.78 is 13.3. The van der Waals surface area contributed by atoms with Gasteiger partial charge in [0.25, 0.3) is 0 Å². The highest BCUT2D eigenvalue weighted by Gasteiger charge is 2.18. The first kappa shape index (κ1) is 13.6. The monoisotopic (exact) mass is 269 g/mol. The van der Waals surface area contributed by atoms with Crippen LogP contribution in [-0.2, 0) is 10.8 Å². The van der Waals surface area contributed by atoms with Gasteiger partial charge in [-0.15, -0.1) is 0 Å². The van der Waals surface area contributed by atoms with Crippen molar-refractivity contribution in [2.45, 2.75) is 51.1 Å². The largest absolute Gasteiger partial charge is 0.353 e. The van der Waals surface area contributed by atoms with Gasteiger partial charge in [-0.2, -0.15) is 0 Å². The standard InChI is InChI=1S/C13H23N3OS/c1-11(7-10-18(2)17)16-9-8-14-13(16)15-12-5-3-4-6-12/h8-9,11-12H,3-7,10H2,1-2H3,(H,14,15). The van der Waals surface area contributed by atoms with E-state index < -0.39 is 10.8 Å². The molecule has 2 rings (SSSR count). The lowest BCUT2D eigenvalue weighted by molar-refractivity contribution is 0.532. The molecule has 0 radical (unpaired) electrons. The highest BCUT2D eigenvalue weighted by atomic mass is 32.2. The first-order valence-corrected chi connectivity index (χ1v) is 8.49. The minimum Gasteiger partial charge on any atom is -0.353 e. The Morgan fingerprint density at radius 3 is 2.94 bits per heavy atom. The van der Waals surface area contributed by atoms with E-state index >= 15 is 0 Å². The van der Waals surface area contributed by atoms with Crippen molar-refractivity contribution in [2.24, 2.45) is 0 Å². The quantitative estimate of drug-likeness (QED) is 0.863. The second-order valence-corrected chi connectivity index (χ2v) is 6.75. The van der Waals surface area contributed by atoms with Crippen LogP contribution in [0.1, 0.15) is 45.1 Å². The molecule has 1 aliphatic rings. The number of nitrogens with one attached hydrogen (secondary N) is 1. The first-order valence-electron chi connectivity index (χ1n) is 6.76. The Bertz CT molecular complexity index is 399. The van der Waals surface area contributed by atoms with Crippen LogP contribution in [0.15, 0.2) is 12.4 Å². The molecule has 0 saturated heterocycles. The van der Waals surface area contributed by atoms with Crippen molar-refractivity contribution in [3.63, 3.8) is 0 Å². The Balaban J connectivity index is 1.95. The zero-order chi connectivity index (χ0) is 13.0. The summed E-state index contributed by atoms with van der Waals surface area (Å²) in [4.78, 5) is 4.40. The second kappa shape index (κ2) is 6.36. The molecule has 1 saturated carbocycles. The van der Waals surface area contributed by atoms with Crippen LogP contribution in [0.2, 0.25) is 0 Å². The van der Waals surface area contributed by atoms with E-state index in [-0.39, 0.29) is 0 Å². The van der Waals surface area contributed by atoms with E-state index in [2.05, 4.69) is 21.8 Å². The summed E-state index contributed by atoms with van der Waals surface area (Å²) in [5.41, 5.74) is 0. The minimum atomic E-state index is -0.712. The van der Waals surface area contributed by atoms with E-state index in [9.17, 15) is 4.21 Å². The molecule has 1 heterocycles. The summed E-state index contributed by atoms with van der Waals surface area (Å²) in [5.74, 6) is 1.72. The Morgan fingerprint density at radius 1 is 1.56 bits per heavy atom. The van der Waals surface area contributed by atoms with Crippen molar-refractivity contribution in [3.05, 3.63) is 12.4 Å². The summed E-state index contributed by atoms with van der Waals surface area (Å²) >= 11 is 0. The number of rotatable bonds is 6. The molecule has 2 atom stereocenters. The molecule has 102 valence electrons. The molecule has 0 bridgehead atoms. The van der Waals surface area contributed by atoms with Crippen LogP contribution in [0.4, 0.5) is 5.95 Å². The average molecular weight is 269 g/mol. The number of aromatic nitrogens is 2. The molecule has 1 aromatic heterocycles. The van der Waals surface area contributed by atoms with Gasteiger partial charge in [-0.1, -0.05) is 12.8 Å². The first-order chi connectivity index (χ1) is 8.66. The number of hydrogen-bond donors (Lipinski definition) is 1. The maximum atomic E-state index is 11.2. The van der Waals surface area contributed by atoms with Crippen molar-refractivity contribution >= 4 is 16.7 Å². The van der Waals surface area contributed by atoms with Crippen molar-refractivity contribution in [2.75, 3.05) is 17.3 Å². The van der Waals surface area contributed by atoms with Gasteiger partial charge in [-0.05, 0) is 26.2 Å². The number of hydrogen-bond acceptors (Lipinski definition) is 3. The Hall–Kier alpha value is -0.840. The molecule has 1 N–H and O–H groups in total. The molecule has 0 amide bonds. The van der Waals surface area contributed by atoms with Crippen molar-refractivity contribution in [1.82, 2.24) is 9.55 Å². The van der Waals surface area contributed by atoms with E-state index in [1.807, 2.05) is 12.4 Å². The van der Waals surface area contributed by atoms with Gasteiger partial charge in [-0.3, -0.25) is 4.21 Å². The molecular formula is C13H23N3OS. The number of imidazole rings is 1. The predicted octanol–water partition coefficient (Wildman–Crippen LogP) is 2.57. The molecular weight excluding hydrogens is 246 g/mol. The van der Waals surface area contributed by atoms with Gasteiger partial charge in [0.1, 0.15) is 0 Å². The number of anilines is 1. The molecule has 0 spiro atoms. The van der Waals surface area contributed by atoms with Gasteiger partial charge < -0.3 is 9.88 Å². The van der Waals surface area contributed by atoms with E-state index in [1.165, 1.54) is 25.7 Å².